The van der Waals surface area contributed by atoms with Gasteiger partial charge in [-0.2, -0.15) is 0 Å². The van der Waals surface area contributed by atoms with E-state index in [1.165, 1.54) is 35.1 Å². The highest BCUT2D eigenvalue weighted by molar-refractivity contribution is 5.68. The first-order chi connectivity index (χ1) is 9.55. The van der Waals surface area contributed by atoms with Crippen molar-refractivity contribution in [3.8, 4) is 11.3 Å². The van der Waals surface area contributed by atoms with E-state index in [2.05, 4.69) is 48.2 Å². The van der Waals surface area contributed by atoms with Crippen LogP contribution in [0.1, 0.15) is 35.4 Å². The third-order valence-corrected chi connectivity index (χ3v) is 4.39. The van der Waals surface area contributed by atoms with Gasteiger partial charge in [-0.1, -0.05) is 17.7 Å². The lowest BCUT2D eigenvalue weighted by Gasteiger charge is -2.12. The molecule has 0 unspecified atom stereocenters. The van der Waals surface area contributed by atoms with Crippen molar-refractivity contribution in [2.75, 3.05) is 13.6 Å². The van der Waals surface area contributed by atoms with Gasteiger partial charge in [0.15, 0.2) is 0 Å². The van der Waals surface area contributed by atoms with Gasteiger partial charge in [-0.25, -0.2) is 4.98 Å². The number of hydrogen-bond donors (Lipinski definition) is 2. The fraction of sp³-hybridized carbons (Fsp3) is 0.471. The second-order valence-corrected chi connectivity index (χ2v) is 6.23. The molecule has 1 saturated carbocycles. The summed E-state index contributed by atoms with van der Waals surface area (Å²) in [6.45, 7) is 7.51. The van der Waals surface area contributed by atoms with Crippen molar-refractivity contribution in [2.45, 2.75) is 39.0 Å². The van der Waals surface area contributed by atoms with Crippen LogP contribution >= 0.6 is 0 Å². The van der Waals surface area contributed by atoms with Gasteiger partial charge in [0.2, 0.25) is 0 Å². The van der Waals surface area contributed by atoms with Crippen molar-refractivity contribution < 1.29 is 0 Å². The summed E-state index contributed by atoms with van der Waals surface area (Å²) in [4.78, 5) is 8.22. The minimum atomic E-state index is 0.250. The SMILES string of the molecule is CNCC1(c2ncc(-c3c(C)cc(C)cc3C)[nH]2)CC1. The maximum Gasteiger partial charge on any atom is 0.114 e. The first kappa shape index (κ1) is 13.4. The summed E-state index contributed by atoms with van der Waals surface area (Å²) in [5.74, 6) is 1.14. The van der Waals surface area contributed by atoms with Gasteiger partial charge in [0, 0.05) is 17.5 Å². The molecule has 1 aromatic heterocycles. The van der Waals surface area contributed by atoms with Crippen LogP contribution in [0.15, 0.2) is 18.3 Å². The molecule has 1 fully saturated rings. The fourth-order valence-electron chi connectivity index (χ4n) is 3.31. The Kier molecular flexibility index (Phi) is 3.17. The number of aromatic amines is 1. The topological polar surface area (TPSA) is 40.7 Å². The number of hydrogen-bond acceptors (Lipinski definition) is 2. The van der Waals surface area contributed by atoms with Crippen LogP contribution < -0.4 is 5.32 Å². The zero-order chi connectivity index (χ0) is 14.3. The first-order valence-corrected chi connectivity index (χ1v) is 7.34. The van der Waals surface area contributed by atoms with Crippen LogP contribution in [0.3, 0.4) is 0 Å². The predicted octanol–water partition coefficient (Wildman–Crippen LogP) is 3.25. The number of rotatable bonds is 4. The van der Waals surface area contributed by atoms with Crippen molar-refractivity contribution in [1.82, 2.24) is 15.3 Å². The van der Waals surface area contributed by atoms with E-state index >= 15 is 0 Å². The number of nitrogens with one attached hydrogen (secondary N) is 2. The van der Waals surface area contributed by atoms with Gasteiger partial charge in [0.1, 0.15) is 5.82 Å². The number of likely N-dealkylation sites (N-methyl/N-ethyl adjacent to an activating group) is 1. The maximum absolute atomic E-state index is 4.65. The molecule has 0 bridgehead atoms. The summed E-state index contributed by atoms with van der Waals surface area (Å²) in [6, 6.07) is 4.48. The second-order valence-electron chi connectivity index (χ2n) is 6.23. The Morgan fingerprint density at radius 2 is 1.85 bits per heavy atom. The highest BCUT2D eigenvalue weighted by Crippen LogP contribution is 2.46. The Morgan fingerprint density at radius 1 is 1.20 bits per heavy atom. The molecule has 1 aliphatic rings. The third kappa shape index (κ3) is 2.16. The number of H-pyrrole nitrogens is 1. The van der Waals surface area contributed by atoms with Crippen LogP contribution in [0.25, 0.3) is 11.3 Å². The zero-order valence-electron chi connectivity index (χ0n) is 12.8. The van der Waals surface area contributed by atoms with Gasteiger partial charge in [0.25, 0.3) is 0 Å². The van der Waals surface area contributed by atoms with Crippen LogP contribution in [0.5, 0.6) is 0 Å². The lowest BCUT2D eigenvalue weighted by Crippen LogP contribution is -2.24. The largest absolute Gasteiger partial charge is 0.341 e. The summed E-state index contributed by atoms with van der Waals surface area (Å²) in [5.41, 5.74) is 6.65. The predicted molar refractivity (Wildman–Crippen MR) is 83.1 cm³/mol. The van der Waals surface area contributed by atoms with E-state index in [0.717, 1.165) is 18.1 Å². The maximum atomic E-state index is 4.65. The molecule has 3 heteroatoms. The van der Waals surface area contributed by atoms with E-state index in [-0.39, 0.29) is 5.41 Å². The van der Waals surface area contributed by atoms with Crippen LogP contribution in [-0.4, -0.2) is 23.6 Å². The molecular formula is C17H23N3. The summed E-state index contributed by atoms with van der Waals surface area (Å²) >= 11 is 0. The lowest BCUT2D eigenvalue weighted by molar-refractivity contribution is 0.594. The Hall–Kier alpha value is -1.61. The quantitative estimate of drug-likeness (QED) is 0.894. The molecule has 1 aliphatic carbocycles. The zero-order valence-corrected chi connectivity index (χ0v) is 12.8. The molecule has 0 atom stereocenters. The molecule has 20 heavy (non-hydrogen) atoms. The molecule has 0 amide bonds. The number of aryl methyl sites for hydroxylation is 3. The lowest BCUT2D eigenvalue weighted by atomic mass is 9.98. The van der Waals surface area contributed by atoms with E-state index in [0.29, 0.717) is 0 Å². The first-order valence-electron chi connectivity index (χ1n) is 7.34. The summed E-state index contributed by atoms with van der Waals surface area (Å²) < 4.78 is 0. The molecule has 1 aromatic carbocycles. The van der Waals surface area contributed by atoms with Gasteiger partial charge < -0.3 is 10.3 Å². The molecule has 106 valence electrons. The van der Waals surface area contributed by atoms with E-state index in [9.17, 15) is 0 Å². The minimum Gasteiger partial charge on any atom is -0.341 e. The average molecular weight is 269 g/mol. The molecule has 3 rings (SSSR count). The number of aromatic nitrogens is 2. The molecule has 1 heterocycles. The highest BCUT2D eigenvalue weighted by Gasteiger charge is 2.46. The van der Waals surface area contributed by atoms with Crippen LogP contribution in [0.4, 0.5) is 0 Å². The van der Waals surface area contributed by atoms with Crippen molar-refractivity contribution in [1.29, 1.82) is 0 Å². The normalized spacial score (nSPS) is 16.4. The van der Waals surface area contributed by atoms with Gasteiger partial charge in [-0.15, -0.1) is 0 Å². The molecule has 3 nitrogen and oxygen atoms in total. The molecule has 0 spiro atoms. The molecule has 2 aromatic rings. The van der Waals surface area contributed by atoms with Gasteiger partial charge in [0.05, 0.1) is 11.9 Å². The molecule has 0 aliphatic heterocycles. The van der Waals surface area contributed by atoms with Crippen LogP contribution in [0.2, 0.25) is 0 Å². The number of imidazole rings is 1. The Labute approximate surface area is 120 Å². The monoisotopic (exact) mass is 269 g/mol. The number of nitrogens with zero attached hydrogens (tertiary/aromatic N) is 1. The van der Waals surface area contributed by atoms with Crippen molar-refractivity contribution >= 4 is 0 Å². The Morgan fingerprint density at radius 3 is 2.40 bits per heavy atom. The average Bonchev–Trinajstić information content (AvgIpc) is 2.98. The minimum absolute atomic E-state index is 0.250. The highest BCUT2D eigenvalue weighted by atomic mass is 15.0. The van der Waals surface area contributed by atoms with Crippen LogP contribution in [0, 0.1) is 20.8 Å². The van der Waals surface area contributed by atoms with E-state index in [1.54, 1.807) is 0 Å². The third-order valence-electron chi connectivity index (χ3n) is 4.39. The number of benzene rings is 1. The summed E-state index contributed by atoms with van der Waals surface area (Å²) in [7, 11) is 2.01. The smallest absolute Gasteiger partial charge is 0.114 e. The van der Waals surface area contributed by atoms with E-state index < -0.39 is 0 Å². The molecule has 2 N–H and O–H groups in total. The van der Waals surface area contributed by atoms with Crippen molar-refractivity contribution in [2.24, 2.45) is 0 Å². The summed E-state index contributed by atoms with van der Waals surface area (Å²) in [5, 5.41) is 3.29. The van der Waals surface area contributed by atoms with E-state index in [4.69, 9.17) is 0 Å². The standard InChI is InChI=1S/C17H23N3/c1-11-7-12(2)15(13(3)8-11)14-9-19-16(20-14)17(5-6-17)10-18-4/h7-9,18H,5-6,10H2,1-4H3,(H,19,20). The molecule has 0 radical (unpaired) electrons. The van der Waals surface area contributed by atoms with Crippen molar-refractivity contribution in [3.63, 3.8) is 0 Å². The van der Waals surface area contributed by atoms with Gasteiger partial charge >= 0.3 is 0 Å². The van der Waals surface area contributed by atoms with Gasteiger partial charge in [-0.05, 0) is 51.8 Å². The molecule has 0 saturated heterocycles. The van der Waals surface area contributed by atoms with E-state index in [1.807, 2.05) is 13.2 Å². The second kappa shape index (κ2) is 4.74. The Balaban J connectivity index is 1.99. The summed E-state index contributed by atoms with van der Waals surface area (Å²) in [6.07, 6.45) is 4.45. The Bertz CT molecular complexity index is 612. The van der Waals surface area contributed by atoms with Crippen molar-refractivity contribution in [3.05, 3.63) is 40.8 Å². The van der Waals surface area contributed by atoms with Crippen LogP contribution in [-0.2, 0) is 5.41 Å². The fourth-order valence-corrected chi connectivity index (χ4v) is 3.31. The van der Waals surface area contributed by atoms with Gasteiger partial charge in [-0.3, -0.25) is 0 Å². The molecular weight excluding hydrogens is 246 g/mol.